The molecule has 0 unspecified atom stereocenters. The van der Waals surface area contributed by atoms with Crippen LogP contribution in [0, 0.1) is 10.1 Å². The van der Waals surface area contributed by atoms with Gasteiger partial charge in [-0.1, -0.05) is 18.2 Å². The summed E-state index contributed by atoms with van der Waals surface area (Å²) in [7, 11) is 0. The molecule has 106 valence electrons. The van der Waals surface area contributed by atoms with Crippen LogP contribution in [0.25, 0.3) is 16.7 Å². The van der Waals surface area contributed by atoms with Crippen LogP contribution in [0.4, 0.5) is 11.4 Å². The summed E-state index contributed by atoms with van der Waals surface area (Å²) >= 11 is 0. The lowest BCUT2D eigenvalue weighted by atomic mass is 10.2. The Labute approximate surface area is 121 Å². The van der Waals surface area contributed by atoms with Gasteiger partial charge in [0.2, 0.25) is 0 Å². The molecule has 21 heavy (non-hydrogen) atoms. The Morgan fingerprint density at radius 3 is 2.81 bits per heavy atom. The number of rotatable bonds is 4. The van der Waals surface area contributed by atoms with E-state index in [1.165, 1.54) is 0 Å². The predicted molar refractivity (Wildman–Crippen MR) is 81.9 cm³/mol. The summed E-state index contributed by atoms with van der Waals surface area (Å²) < 4.78 is 1.74. The minimum atomic E-state index is -0.359. The summed E-state index contributed by atoms with van der Waals surface area (Å²) in [6.45, 7) is 2.53. The van der Waals surface area contributed by atoms with Crippen molar-refractivity contribution in [3.05, 3.63) is 58.9 Å². The van der Waals surface area contributed by atoms with E-state index in [-0.39, 0.29) is 10.6 Å². The predicted octanol–water partition coefficient (Wildman–Crippen LogP) is 3.37. The molecule has 0 aliphatic heterocycles. The van der Waals surface area contributed by atoms with Gasteiger partial charge >= 0.3 is 5.69 Å². The number of nitrogens with one attached hydrogen (secondary N) is 1. The Morgan fingerprint density at radius 1 is 1.24 bits per heavy atom. The molecule has 0 aliphatic rings. The van der Waals surface area contributed by atoms with Crippen molar-refractivity contribution < 1.29 is 4.92 Å². The largest absolute Gasteiger partial charge is 0.380 e. The first-order chi connectivity index (χ1) is 10.2. The lowest BCUT2D eigenvalue weighted by Crippen LogP contribution is -2.05. The summed E-state index contributed by atoms with van der Waals surface area (Å²) in [6, 6.07) is 12.8. The van der Waals surface area contributed by atoms with Crippen LogP contribution in [0.5, 0.6) is 0 Å². The smallest absolute Gasteiger partial charge is 0.316 e. The van der Waals surface area contributed by atoms with E-state index < -0.39 is 0 Å². The highest BCUT2D eigenvalue weighted by Crippen LogP contribution is 2.33. The normalized spacial score (nSPS) is 10.7. The fraction of sp³-hybridized carbons (Fsp3) is 0.133. The Morgan fingerprint density at radius 2 is 2.05 bits per heavy atom. The number of benzene rings is 2. The molecule has 0 saturated heterocycles. The quantitative estimate of drug-likeness (QED) is 0.588. The third-order valence-electron chi connectivity index (χ3n) is 3.28. The first-order valence-corrected chi connectivity index (χ1v) is 6.66. The van der Waals surface area contributed by atoms with Crippen molar-refractivity contribution in [1.29, 1.82) is 0 Å². The molecule has 0 saturated carbocycles. The number of anilines is 1. The lowest BCUT2D eigenvalue weighted by Gasteiger charge is -2.10. The summed E-state index contributed by atoms with van der Waals surface area (Å²) in [5.74, 6) is 0. The highest BCUT2D eigenvalue weighted by Gasteiger charge is 2.21. The zero-order chi connectivity index (χ0) is 14.8. The SMILES string of the molecule is CCNc1cccc(-n2cnc3ccccc32)c1[N+](=O)[O-]. The number of nitrogens with zero attached hydrogens (tertiary/aromatic N) is 3. The number of fused-ring (bicyclic) bond motifs is 1. The van der Waals surface area contributed by atoms with Crippen molar-refractivity contribution >= 4 is 22.4 Å². The van der Waals surface area contributed by atoms with Gasteiger partial charge in [0.25, 0.3) is 0 Å². The molecule has 1 heterocycles. The van der Waals surface area contributed by atoms with E-state index in [2.05, 4.69) is 10.3 Å². The van der Waals surface area contributed by atoms with E-state index in [0.29, 0.717) is 17.9 Å². The third kappa shape index (κ3) is 2.20. The number of imidazole rings is 1. The highest BCUT2D eigenvalue weighted by molar-refractivity contribution is 5.80. The Kier molecular flexibility index (Phi) is 3.27. The molecule has 0 atom stereocenters. The average Bonchev–Trinajstić information content (AvgIpc) is 2.91. The van der Waals surface area contributed by atoms with E-state index in [0.717, 1.165) is 11.0 Å². The van der Waals surface area contributed by atoms with Crippen LogP contribution in [0.3, 0.4) is 0 Å². The van der Waals surface area contributed by atoms with Crippen LogP contribution in [0.1, 0.15) is 6.92 Å². The minimum absolute atomic E-state index is 0.0579. The highest BCUT2D eigenvalue weighted by atomic mass is 16.6. The van der Waals surface area contributed by atoms with Gasteiger partial charge in [-0.15, -0.1) is 0 Å². The molecule has 0 fully saturated rings. The first kappa shape index (κ1) is 13.1. The van der Waals surface area contributed by atoms with Crippen LogP contribution >= 0.6 is 0 Å². The van der Waals surface area contributed by atoms with E-state index >= 15 is 0 Å². The molecule has 0 amide bonds. The van der Waals surface area contributed by atoms with Gasteiger partial charge in [-0.05, 0) is 31.2 Å². The van der Waals surface area contributed by atoms with Gasteiger partial charge < -0.3 is 5.32 Å². The maximum absolute atomic E-state index is 11.5. The molecule has 3 aromatic rings. The molecule has 6 nitrogen and oxygen atoms in total. The van der Waals surface area contributed by atoms with Crippen LogP contribution in [-0.4, -0.2) is 21.0 Å². The third-order valence-corrected chi connectivity index (χ3v) is 3.28. The van der Waals surface area contributed by atoms with E-state index in [1.54, 1.807) is 29.1 Å². The van der Waals surface area contributed by atoms with E-state index in [4.69, 9.17) is 0 Å². The Bertz CT molecular complexity index is 810. The second-order valence-corrected chi connectivity index (χ2v) is 4.56. The standard InChI is InChI=1S/C15H14N4O2/c1-2-16-12-7-5-9-14(15(12)19(20)21)18-10-17-11-6-3-4-8-13(11)18/h3-10,16H,2H2,1H3. The van der Waals surface area contributed by atoms with Gasteiger partial charge in [-0.25, -0.2) is 4.98 Å². The second kappa shape index (κ2) is 5.24. The zero-order valence-corrected chi connectivity index (χ0v) is 11.5. The van der Waals surface area contributed by atoms with Crippen LogP contribution < -0.4 is 5.32 Å². The topological polar surface area (TPSA) is 73.0 Å². The Balaban J connectivity index is 2.27. The summed E-state index contributed by atoms with van der Waals surface area (Å²) in [5.41, 5.74) is 2.72. The number of para-hydroxylation sites is 3. The minimum Gasteiger partial charge on any atom is -0.380 e. The summed E-state index contributed by atoms with van der Waals surface area (Å²) in [4.78, 5) is 15.4. The number of nitro groups is 1. The molecule has 1 aromatic heterocycles. The van der Waals surface area contributed by atoms with Crippen molar-refractivity contribution in [3.63, 3.8) is 0 Å². The Hall–Kier alpha value is -2.89. The van der Waals surface area contributed by atoms with Crippen LogP contribution in [0.2, 0.25) is 0 Å². The molecule has 1 N–H and O–H groups in total. The van der Waals surface area contributed by atoms with Crippen LogP contribution in [-0.2, 0) is 0 Å². The van der Waals surface area contributed by atoms with Gasteiger partial charge in [-0.3, -0.25) is 14.7 Å². The van der Waals surface area contributed by atoms with Crippen molar-refractivity contribution in [1.82, 2.24) is 9.55 Å². The molecule has 0 bridgehead atoms. The number of nitro benzene ring substituents is 1. The number of hydrogen-bond donors (Lipinski definition) is 1. The maximum atomic E-state index is 11.5. The monoisotopic (exact) mass is 282 g/mol. The zero-order valence-electron chi connectivity index (χ0n) is 11.5. The van der Waals surface area contributed by atoms with Crippen molar-refractivity contribution in [3.8, 4) is 5.69 Å². The van der Waals surface area contributed by atoms with Gasteiger partial charge in [0.1, 0.15) is 17.7 Å². The fourth-order valence-electron chi connectivity index (χ4n) is 2.40. The molecule has 3 rings (SSSR count). The average molecular weight is 282 g/mol. The van der Waals surface area contributed by atoms with Gasteiger partial charge in [-0.2, -0.15) is 0 Å². The molecule has 0 spiro atoms. The van der Waals surface area contributed by atoms with Crippen molar-refractivity contribution in [2.24, 2.45) is 0 Å². The van der Waals surface area contributed by atoms with Crippen molar-refractivity contribution in [2.75, 3.05) is 11.9 Å². The van der Waals surface area contributed by atoms with Gasteiger partial charge in [0.05, 0.1) is 16.0 Å². The van der Waals surface area contributed by atoms with Gasteiger partial charge in [0, 0.05) is 6.54 Å². The summed E-state index contributed by atoms with van der Waals surface area (Å²) in [6.07, 6.45) is 1.61. The second-order valence-electron chi connectivity index (χ2n) is 4.56. The molecule has 0 radical (unpaired) electrons. The van der Waals surface area contributed by atoms with Crippen molar-refractivity contribution in [2.45, 2.75) is 6.92 Å². The van der Waals surface area contributed by atoms with Gasteiger partial charge in [0.15, 0.2) is 0 Å². The molecular formula is C15H14N4O2. The molecule has 6 heteroatoms. The van der Waals surface area contributed by atoms with E-state index in [9.17, 15) is 10.1 Å². The molecule has 0 aliphatic carbocycles. The van der Waals surface area contributed by atoms with E-state index in [1.807, 2.05) is 31.2 Å². The number of aromatic nitrogens is 2. The molecule has 2 aromatic carbocycles. The lowest BCUT2D eigenvalue weighted by molar-refractivity contribution is -0.383. The van der Waals surface area contributed by atoms with Crippen LogP contribution in [0.15, 0.2) is 48.8 Å². The molecular weight excluding hydrogens is 268 g/mol. The number of hydrogen-bond acceptors (Lipinski definition) is 4. The fourth-order valence-corrected chi connectivity index (χ4v) is 2.40. The summed E-state index contributed by atoms with van der Waals surface area (Å²) in [5, 5.41) is 14.5. The maximum Gasteiger partial charge on any atom is 0.316 e. The first-order valence-electron chi connectivity index (χ1n) is 6.66.